The zero-order chi connectivity index (χ0) is 13.9. The summed E-state index contributed by atoms with van der Waals surface area (Å²) in [6, 6.07) is 8.30. The predicted molar refractivity (Wildman–Crippen MR) is 85.8 cm³/mol. The number of anilines is 1. The molecule has 0 radical (unpaired) electrons. The molecule has 1 aromatic rings. The Morgan fingerprint density at radius 1 is 1.26 bits per heavy atom. The van der Waals surface area contributed by atoms with Crippen LogP contribution in [0.2, 0.25) is 0 Å². The van der Waals surface area contributed by atoms with Crippen molar-refractivity contribution in [1.29, 1.82) is 0 Å². The van der Waals surface area contributed by atoms with Crippen molar-refractivity contribution in [3.63, 3.8) is 0 Å². The molecule has 0 amide bonds. The molecule has 0 atom stereocenters. The molecule has 0 unspecified atom stereocenters. The highest BCUT2D eigenvalue weighted by Gasteiger charge is 2.02. The molecule has 3 nitrogen and oxygen atoms in total. The van der Waals surface area contributed by atoms with E-state index in [1.165, 1.54) is 5.56 Å². The predicted octanol–water partition coefficient (Wildman–Crippen LogP) is 3.35. The molecule has 1 aromatic carbocycles. The Balaban J connectivity index is 2.35. The van der Waals surface area contributed by atoms with Crippen molar-refractivity contribution in [1.82, 2.24) is 5.32 Å². The van der Waals surface area contributed by atoms with Crippen molar-refractivity contribution >= 4 is 23.0 Å². The third-order valence-corrected chi connectivity index (χ3v) is 2.99. The largest absolute Gasteiger partial charge is 0.382 e. The van der Waals surface area contributed by atoms with Gasteiger partial charge in [-0.15, -0.1) is 0 Å². The second-order valence-corrected chi connectivity index (χ2v) is 4.75. The molecule has 0 aliphatic rings. The van der Waals surface area contributed by atoms with Crippen LogP contribution in [0, 0.1) is 0 Å². The first-order chi connectivity index (χ1) is 9.27. The van der Waals surface area contributed by atoms with Gasteiger partial charge in [0.1, 0.15) is 0 Å². The second kappa shape index (κ2) is 9.75. The van der Waals surface area contributed by atoms with E-state index in [2.05, 4.69) is 35.8 Å². The van der Waals surface area contributed by atoms with Gasteiger partial charge in [0.05, 0.1) is 0 Å². The smallest absolute Gasteiger partial charge is 0.170 e. The zero-order valence-electron chi connectivity index (χ0n) is 11.9. The van der Waals surface area contributed by atoms with Crippen LogP contribution in [0.4, 0.5) is 5.69 Å². The maximum atomic E-state index is 5.29. The first-order valence-corrected chi connectivity index (χ1v) is 7.39. The summed E-state index contributed by atoms with van der Waals surface area (Å²) in [4.78, 5) is 0. The van der Waals surface area contributed by atoms with E-state index in [1.807, 2.05) is 13.0 Å². The lowest BCUT2D eigenvalue weighted by atomic mass is 10.1. The van der Waals surface area contributed by atoms with Gasteiger partial charge in [0.2, 0.25) is 0 Å². The number of hydrogen-bond acceptors (Lipinski definition) is 2. The first-order valence-electron chi connectivity index (χ1n) is 6.98. The fourth-order valence-electron chi connectivity index (χ4n) is 1.82. The van der Waals surface area contributed by atoms with Crippen LogP contribution in [0.15, 0.2) is 24.3 Å². The number of aryl methyl sites for hydroxylation is 1. The Kier molecular flexibility index (Phi) is 8.18. The molecule has 0 aliphatic heterocycles. The summed E-state index contributed by atoms with van der Waals surface area (Å²) in [7, 11) is 0. The van der Waals surface area contributed by atoms with Crippen LogP contribution in [0.25, 0.3) is 0 Å². The molecule has 0 spiro atoms. The lowest BCUT2D eigenvalue weighted by molar-refractivity contribution is 0.146. The van der Waals surface area contributed by atoms with E-state index >= 15 is 0 Å². The normalized spacial score (nSPS) is 10.2. The Bertz CT molecular complexity index is 382. The van der Waals surface area contributed by atoms with Gasteiger partial charge in [-0.05, 0) is 43.6 Å². The number of hydrogen-bond donors (Lipinski definition) is 2. The minimum Gasteiger partial charge on any atom is -0.382 e. The van der Waals surface area contributed by atoms with E-state index in [4.69, 9.17) is 17.0 Å². The molecule has 0 saturated carbocycles. The number of thiocarbonyl (C=S) groups is 1. The standard InChI is InChI=1S/C15H24N2OS/c1-3-8-13-9-5-6-10-14(13)17-15(19)16-11-7-12-18-4-2/h5-6,9-10H,3-4,7-8,11-12H2,1-2H3,(H2,16,17,19). The monoisotopic (exact) mass is 280 g/mol. The van der Waals surface area contributed by atoms with Gasteiger partial charge < -0.3 is 15.4 Å². The third kappa shape index (κ3) is 6.55. The summed E-state index contributed by atoms with van der Waals surface area (Å²) in [6.07, 6.45) is 3.16. The van der Waals surface area contributed by atoms with Crippen molar-refractivity contribution < 1.29 is 4.74 Å². The Labute approximate surface area is 121 Å². The van der Waals surface area contributed by atoms with Gasteiger partial charge in [-0.2, -0.15) is 0 Å². The lowest BCUT2D eigenvalue weighted by Gasteiger charge is -2.13. The third-order valence-electron chi connectivity index (χ3n) is 2.74. The van der Waals surface area contributed by atoms with Crippen molar-refractivity contribution in [2.45, 2.75) is 33.1 Å². The fraction of sp³-hybridized carbons (Fsp3) is 0.533. The number of benzene rings is 1. The average Bonchev–Trinajstić information content (AvgIpc) is 2.41. The van der Waals surface area contributed by atoms with Crippen molar-refractivity contribution in [2.75, 3.05) is 25.1 Å². The number of ether oxygens (including phenoxy) is 1. The highest BCUT2D eigenvalue weighted by atomic mass is 32.1. The van der Waals surface area contributed by atoms with Crippen LogP contribution < -0.4 is 10.6 Å². The Hall–Kier alpha value is -1.13. The van der Waals surface area contributed by atoms with Gasteiger partial charge in [-0.3, -0.25) is 0 Å². The van der Waals surface area contributed by atoms with E-state index in [0.717, 1.165) is 44.7 Å². The summed E-state index contributed by atoms with van der Waals surface area (Å²) in [5.41, 5.74) is 2.41. The van der Waals surface area contributed by atoms with Gasteiger partial charge >= 0.3 is 0 Å². The van der Waals surface area contributed by atoms with Crippen LogP contribution in [0.1, 0.15) is 32.3 Å². The highest BCUT2D eigenvalue weighted by molar-refractivity contribution is 7.80. The molecule has 19 heavy (non-hydrogen) atoms. The summed E-state index contributed by atoms with van der Waals surface area (Å²) >= 11 is 5.29. The Morgan fingerprint density at radius 2 is 2.05 bits per heavy atom. The first kappa shape index (κ1) is 15.9. The molecule has 106 valence electrons. The van der Waals surface area contributed by atoms with Crippen molar-refractivity contribution in [3.8, 4) is 0 Å². The van der Waals surface area contributed by atoms with Gasteiger partial charge in [-0.1, -0.05) is 31.5 Å². The number of rotatable bonds is 8. The topological polar surface area (TPSA) is 33.3 Å². The van der Waals surface area contributed by atoms with E-state index in [-0.39, 0.29) is 0 Å². The van der Waals surface area contributed by atoms with Crippen LogP contribution in [-0.4, -0.2) is 24.9 Å². The summed E-state index contributed by atoms with van der Waals surface area (Å²) in [5.74, 6) is 0. The molecule has 2 N–H and O–H groups in total. The van der Waals surface area contributed by atoms with Crippen LogP contribution >= 0.6 is 12.2 Å². The maximum Gasteiger partial charge on any atom is 0.170 e. The van der Waals surface area contributed by atoms with Crippen LogP contribution in [-0.2, 0) is 11.2 Å². The molecular weight excluding hydrogens is 256 g/mol. The van der Waals surface area contributed by atoms with Crippen LogP contribution in [0.3, 0.4) is 0 Å². The number of para-hydroxylation sites is 1. The molecule has 4 heteroatoms. The van der Waals surface area contributed by atoms with Gasteiger partial charge in [-0.25, -0.2) is 0 Å². The maximum absolute atomic E-state index is 5.29. The molecule has 0 fully saturated rings. The fourth-order valence-corrected chi connectivity index (χ4v) is 2.03. The minimum absolute atomic E-state index is 0.681. The molecule has 0 bridgehead atoms. The SMILES string of the molecule is CCCc1ccccc1NC(=S)NCCCOCC. The van der Waals surface area contributed by atoms with Gasteiger partial charge in [0, 0.05) is 25.4 Å². The Morgan fingerprint density at radius 3 is 2.79 bits per heavy atom. The summed E-state index contributed by atoms with van der Waals surface area (Å²) in [6.45, 7) is 6.57. The van der Waals surface area contributed by atoms with E-state index in [1.54, 1.807) is 0 Å². The van der Waals surface area contributed by atoms with E-state index in [9.17, 15) is 0 Å². The molecule has 0 heterocycles. The molecule has 0 saturated heterocycles. The molecular formula is C15H24N2OS. The number of nitrogens with one attached hydrogen (secondary N) is 2. The van der Waals surface area contributed by atoms with Crippen LogP contribution in [0.5, 0.6) is 0 Å². The highest BCUT2D eigenvalue weighted by Crippen LogP contribution is 2.16. The van der Waals surface area contributed by atoms with Crippen molar-refractivity contribution in [2.24, 2.45) is 0 Å². The quantitative estimate of drug-likeness (QED) is 0.565. The lowest BCUT2D eigenvalue weighted by Crippen LogP contribution is -2.30. The van der Waals surface area contributed by atoms with Gasteiger partial charge in [0.25, 0.3) is 0 Å². The summed E-state index contributed by atoms with van der Waals surface area (Å²) < 4.78 is 5.28. The molecule has 1 rings (SSSR count). The van der Waals surface area contributed by atoms with Gasteiger partial charge in [0.15, 0.2) is 5.11 Å². The van der Waals surface area contributed by atoms with Crippen molar-refractivity contribution in [3.05, 3.63) is 29.8 Å². The average molecular weight is 280 g/mol. The van der Waals surface area contributed by atoms with E-state index in [0.29, 0.717) is 5.11 Å². The van der Waals surface area contributed by atoms with E-state index < -0.39 is 0 Å². The molecule has 0 aromatic heterocycles. The second-order valence-electron chi connectivity index (χ2n) is 4.34. The summed E-state index contributed by atoms with van der Waals surface area (Å²) in [5, 5.41) is 7.15. The minimum atomic E-state index is 0.681. The molecule has 0 aliphatic carbocycles. The zero-order valence-corrected chi connectivity index (χ0v) is 12.7.